The summed E-state index contributed by atoms with van der Waals surface area (Å²) >= 11 is 0. The van der Waals surface area contributed by atoms with Crippen molar-refractivity contribution in [2.24, 2.45) is 4.99 Å². The summed E-state index contributed by atoms with van der Waals surface area (Å²) < 4.78 is 9.15. The number of carbonyl (C=O) groups excluding carboxylic acids is 2. The number of aliphatic imine (C=N–C) groups is 1. The Balaban J connectivity index is 3.15. The maximum Gasteiger partial charge on any atom is 0.349 e. The first-order valence-corrected chi connectivity index (χ1v) is 5.57. The summed E-state index contributed by atoms with van der Waals surface area (Å²) in [7, 11) is 1.14. The van der Waals surface area contributed by atoms with Gasteiger partial charge in [-0.2, -0.15) is 0 Å². The van der Waals surface area contributed by atoms with Gasteiger partial charge in [-0.25, -0.2) is 14.6 Å². The molecule has 0 spiro atoms. The smallest absolute Gasteiger partial charge is 0.349 e. The Kier molecular flexibility index (Phi) is 5.33. The summed E-state index contributed by atoms with van der Waals surface area (Å²) in [6.45, 7) is 1.83. The second kappa shape index (κ2) is 6.98. The molecular weight excluding hydrogens is 268 g/mol. The van der Waals surface area contributed by atoms with E-state index in [-0.39, 0.29) is 23.5 Å². The average Bonchev–Trinajstić information content (AvgIpc) is 2.44. The molecule has 0 amide bonds. The molecular formula is C12H12N2O6. The maximum absolute atomic E-state index is 11.5. The number of nitro benzene ring substituents is 1. The first-order valence-electron chi connectivity index (χ1n) is 5.57. The lowest BCUT2D eigenvalue weighted by molar-refractivity contribution is -0.384. The van der Waals surface area contributed by atoms with Crippen LogP contribution in [0.3, 0.4) is 0 Å². The number of nitrogens with zero attached hydrogens (tertiary/aromatic N) is 2. The highest BCUT2D eigenvalue weighted by Crippen LogP contribution is 2.25. The molecule has 106 valence electrons. The first-order chi connectivity index (χ1) is 9.49. The molecule has 1 rings (SSSR count). The molecule has 0 aliphatic heterocycles. The molecule has 0 aliphatic rings. The number of methoxy groups -OCH3 is 1. The normalized spacial score (nSPS) is 10.3. The third-order valence-electron chi connectivity index (χ3n) is 2.19. The van der Waals surface area contributed by atoms with Crippen LogP contribution in [0.1, 0.15) is 17.3 Å². The second-order valence-corrected chi connectivity index (χ2v) is 3.46. The van der Waals surface area contributed by atoms with E-state index in [4.69, 9.17) is 0 Å². The molecule has 0 unspecified atom stereocenters. The average molecular weight is 280 g/mol. The van der Waals surface area contributed by atoms with Crippen LogP contribution in [0.25, 0.3) is 0 Å². The van der Waals surface area contributed by atoms with Gasteiger partial charge < -0.3 is 9.47 Å². The highest BCUT2D eigenvalue weighted by molar-refractivity contribution is 6.24. The third-order valence-corrected chi connectivity index (χ3v) is 2.19. The van der Waals surface area contributed by atoms with E-state index in [0.29, 0.717) is 0 Å². The molecule has 0 heterocycles. The molecule has 0 aliphatic carbocycles. The van der Waals surface area contributed by atoms with Crippen LogP contribution < -0.4 is 0 Å². The van der Waals surface area contributed by atoms with Crippen molar-refractivity contribution in [3.8, 4) is 0 Å². The van der Waals surface area contributed by atoms with Crippen LogP contribution in [0.2, 0.25) is 0 Å². The number of rotatable bonds is 5. The van der Waals surface area contributed by atoms with Gasteiger partial charge in [-0.3, -0.25) is 10.1 Å². The van der Waals surface area contributed by atoms with Gasteiger partial charge in [-0.1, -0.05) is 0 Å². The number of non-ortho nitro benzene ring substituents is 1. The van der Waals surface area contributed by atoms with Gasteiger partial charge in [0.05, 0.1) is 29.9 Å². The molecule has 8 nitrogen and oxygen atoms in total. The van der Waals surface area contributed by atoms with Crippen molar-refractivity contribution in [1.29, 1.82) is 0 Å². The van der Waals surface area contributed by atoms with E-state index >= 15 is 0 Å². The van der Waals surface area contributed by atoms with Crippen LogP contribution in [-0.4, -0.2) is 36.8 Å². The fourth-order valence-electron chi connectivity index (χ4n) is 1.33. The van der Waals surface area contributed by atoms with Crippen LogP contribution in [0.4, 0.5) is 11.4 Å². The number of hydrogen-bond acceptors (Lipinski definition) is 7. The van der Waals surface area contributed by atoms with Crippen LogP contribution in [0.15, 0.2) is 23.2 Å². The van der Waals surface area contributed by atoms with Gasteiger partial charge in [0.25, 0.3) is 5.69 Å². The van der Waals surface area contributed by atoms with Crippen molar-refractivity contribution in [3.05, 3.63) is 33.9 Å². The molecule has 20 heavy (non-hydrogen) atoms. The van der Waals surface area contributed by atoms with E-state index in [1.165, 1.54) is 12.1 Å². The highest BCUT2D eigenvalue weighted by atomic mass is 16.6. The van der Waals surface area contributed by atoms with Crippen LogP contribution in [0.5, 0.6) is 0 Å². The van der Waals surface area contributed by atoms with Crippen LogP contribution >= 0.6 is 0 Å². The quantitative estimate of drug-likeness (QED) is 0.351. The zero-order chi connectivity index (χ0) is 15.1. The minimum Gasteiger partial charge on any atom is -0.465 e. The lowest BCUT2D eigenvalue weighted by Crippen LogP contribution is -2.06. The second-order valence-electron chi connectivity index (χ2n) is 3.46. The zero-order valence-electron chi connectivity index (χ0n) is 10.9. The summed E-state index contributed by atoms with van der Waals surface area (Å²) in [5, 5.41) is 10.7. The van der Waals surface area contributed by atoms with Gasteiger partial charge in [0, 0.05) is 12.1 Å². The minimum atomic E-state index is -0.787. The Bertz CT molecular complexity index is 567. The SMILES string of the molecule is CCOC(=O)C=Nc1ccc([N+](=O)[O-])cc1C(=O)OC. The molecule has 1 aromatic rings. The van der Waals surface area contributed by atoms with Gasteiger partial charge in [-0.15, -0.1) is 0 Å². The Morgan fingerprint density at radius 3 is 2.70 bits per heavy atom. The molecule has 0 radical (unpaired) electrons. The van der Waals surface area contributed by atoms with Crippen molar-refractivity contribution in [2.45, 2.75) is 6.92 Å². The van der Waals surface area contributed by atoms with E-state index in [0.717, 1.165) is 19.4 Å². The summed E-state index contributed by atoms with van der Waals surface area (Å²) in [5.41, 5.74) is -0.307. The van der Waals surface area contributed by atoms with Gasteiger partial charge in [-0.05, 0) is 13.0 Å². The molecule has 0 aromatic heterocycles. The molecule has 0 atom stereocenters. The lowest BCUT2D eigenvalue weighted by Gasteiger charge is -2.03. The predicted octanol–water partition coefficient (Wildman–Crippen LogP) is 1.65. The van der Waals surface area contributed by atoms with E-state index < -0.39 is 16.9 Å². The Labute approximate surface area is 114 Å². The van der Waals surface area contributed by atoms with Crippen LogP contribution in [-0.2, 0) is 14.3 Å². The lowest BCUT2D eigenvalue weighted by atomic mass is 10.1. The van der Waals surface area contributed by atoms with E-state index in [9.17, 15) is 19.7 Å². The molecule has 0 saturated carbocycles. The minimum absolute atomic E-state index is 0.0792. The predicted molar refractivity (Wildman–Crippen MR) is 69.2 cm³/mol. The number of ether oxygens (including phenoxy) is 2. The molecule has 0 N–H and O–H groups in total. The van der Waals surface area contributed by atoms with Gasteiger partial charge in [0.15, 0.2) is 0 Å². The topological polar surface area (TPSA) is 108 Å². The molecule has 0 fully saturated rings. The van der Waals surface area contributed by atoms with Crippen molar-refractivity contribution in [2.75, 3.05) is 13.7 Å². The first kappa shape index (κ1) is 15.3. The highest BCUT2D eigenvalue weighted by Gasteiger charge is 2.17. The van der Waals surface area contributed by atoms with E-state index in [1.807, 2.05) is 0 Å². The summed E-state index contributed by atoms with van der Waals surface area (Å²) in [6, 6.07) is 3.45. The Hall–Kier alpha value is -2.77. The number of esters is 2. The van der Waals surface area contributed by atoms with Crippen LogP contribution in [0, 0.1) is 10.1 Å². The van der Waals surface area contributed by atoms with Crippen molar-refractivity contribution in [1.82, 2.24) is 0 Å². The Morgan fingerprint density at radius 2 is 2.15 bits per heavy atom. The largest absolute Gasteiger partial charge is 0.465 e. The zero-order valence-corrected chi connectivity index (χ0v) is 10.9. The summed E-state index contributed by atoms with van der Waals surface area (Å²) in [4.78, 5) is 36.5. The summed E-state index contributed by atoms with van der Waals surface area (Å²) in [5.74, 6) is -1.47. The standard InChI is InChI=1S/C12H12N2O6/c1-3-20-11(15)7-13-10-5-4-8(14(17)18)6-9(10)12(16)19-2/h4-7H,3H2,1-2H3. The molecule has 8 heteroatoms. The summed E-state index contributed by atoms with van der Waals surface area (Å²) in [6.07, 6.45) is 0.886. The molecule has 1 aromatic carbocycles. The van der Waals surface area contributed by atoms with Gasteiger partial charge in [0.2, 0.25) is 0 Å². The number of hydrogen-bond donors (Lipinski definition) is 0. The third kappa shape index (κ3) is 3.87. The monoisotopic (exact) mass is 280 g/mol. The van der Waals surface area contributed by atoms with Gasteiger partial charge in [0.1, 0.15) is 6.21 Å². The fraction of sp³-hybridized carbons (Fsp3) is 0.250. The molecule has 0 bridgehead atoms. The van der Waals surface area contributed by atoms with E-state index in [2.05, 4.69) is 14.5 Å². The maximum atomic E-state index is 11.5. The Morgan fingerprint density at radius 1 is 1.45 bits per heavy atom. The van der Waals surface area contributed by atoms with Crippen molar-refractivity contribution < 1.29 is 24.0 Å². The van der Waals surface area contributed by atoms with E-state index in [1.54, 1.807) is 6.92 Å². The van der Waals surface area contributed by atoms with Crippen molar-refractivity contribution in [3.63, 3.8) is 0 Å². The van der Waals surface area contributed by atoms with Gasteiger partial charge >= 0.3 is 11.9 Å². The van der Waals surface area contributed by atoms with Crippen molar-refractivity contribution >= 4 is 29.5 Å². The molecule has 0 saturated heterocycles. The fourth-order valence-corrected chi connectivity index (χ4v) is 1.33. The number of carbonyl (C=O) groups is 2. The number of benzene rings is 1. The number of nitro groups is 1.